The van der Waals surface area contributed by atoms with Gasteiger partial charge < -0.3 is 0 Å². The molecule has 1 heteroatoms. The number of hydrogen-bond donors (Lipinski definition) is 0. The average Bonchev–Trinajstić information content (AvgIpc) is 2.21. The van der Waals surface area contributed by atoms with Crippen molar-refractivity contribution >= 4 is 12.0 Å². The molecule has 0 aromatic heterocycles. The Bertz CT molecular complexity index is 305. The highest BCUT2D eigenvalue weighted by atomic mass is 16.1. The summed E-state index contributed by atoms with van der Waals surface area (Å²) in [6.07, 6.45) is 6.38. The van der Waals surface area contributed by atoms with Gasteiger partial charge in [-0.2, -0.15) is 0 Å². The number of unbranched alkanes of at least 4 members (excludes halogenated alkanes) is 2. The molecule has 0 bridgehead atoms. The summed E-state index contributed by atoms with van der Waals surface area (Å²) in [5.74, 6) is 1.78. The van der Waals surface area contributed by atoms with E-state index in [1.54, 1.807) is 5.94 Å². The van der Waals surface area contributed by atoms with Crippen molar-refractivity contribution in [1.82, 2.24) is 0 Å². The zero-order chi connectivity index (χ0) is 10.2. The molecule has 1 aromatic rings. The van der Waals surface area contributed by atoms with E-state index >= 15 is 0 Å². The summed E-state index contributed by atoms with van der Waals surface area (Å²) in [6, 6.07) is 8.09. The smallest absolute Gasteiger partial charge is 0.125 e. The van der Waals surface area contributed by atoms with Gasteiger partial charge in [0.1, 0.15) is 5.94 Å². The first-order valence-corrected chi connectivity index (χ1v) is 5.16. The topological polar surface area (TPSA) is 17.1 Å². The average molecular weight is 188 g/mol. The fraction of sp³-hybridized carbons (Fsp3) is 0.385. The van der Waals surface area contributed by atoms with E-state index in [9.17, 15) is 4.79 Å². The van der Waals surface area contributed by atoms with E-state index in [0.717, 1.165) is 12.0 Å². The molecule has 0 unspecified atom stereocenters. The number of hydrogen-bond acceptors (Lipinski definition) is 1. The Morgan fingerprint density at radius 1 is 1.21 bits per heavy atom. The summed E-state index contributed by atoms with van der Waals surface area (Å²) < 4.78 is 0. The molecule has 0 aliphatic heterocycles. The van der Waals surface area contributed by atoms with Crippen LogP contribution in [0.1, 0.15) is 37.3 Å². The molecule has 0 spiro atoms. The molecule has 0 radical (unpaired) electrons. The van der Waals surface area contributed by atoms with Gasteiger partial charge in [-0.3, -0.25) is 0 Å². The number of benzene rings is 1. The minimum Gasteiger partial charge on any atom is -0.233 e. The first-order chi connectivity index (χ1) is 6.86. The molecule has 0 aliphatic carbocycles. The van der Waals surface area contributed by atoms with Crippen LogP contribution in [0.3, 0.4) is 0 Å². The predicted molar refractivity (Wildman–Crippen MR) is 59.8 cm³/mol. The van der Waals surface area contributed by atoms with Crippen molar-refractivity contribution in [2.24, 2.45) is 0 Å². The van der Waals surface area contributed by atoms with Crippen molar-refractivity contribution in [2.45, 2.75) is 32.6 Å². The zero-order valence-electron chi connectivity index (χ0n) is 8.62. The number of aryl methyl sites for hydroxylation is 1. The minimum absolute atomic E-state index is 0.930. The van der Waals surface area contributed by atoms with E-state index in [0.29, 0.717) is 0 Å². The summed E-state index contributed by atoms with van der Waals surface area (Å²) in [6.45, 7) is 2.21. The summed E-state index contributed by atoms with van der Waals surface area (Å²) >= 11 is 0. The highest BCUT2D eigenvalue weighted by Crippen LogP contribution is 2.09. The van der Waals surface area contributed by atoms with Gasteiger partial charge in [0, 0.05) is 6.08 Å². The standard InChI is InChI=1S/C13H16O/c1-2-3-4-5-12-6-8-13(9-7-12)10-11-14/h6-10H,2-5H2,1H3. The van der Waals surface area contributed by atoms with E-state index in [4.69, 9.17) is 0 Å². The normalized spacial score (nSPS) is 9.50. The van der Waals surface area contributed by atoms with Gasteiger partial charge in [0.05, 0.1) is 0 Å². The van der Waals surface area contributed by atoms with Crippen LogP contribution in [0.2, 0.25) is 0 Å². The maximum Gasteiger partial charge on any atom is 0.125 e. The lowest BCUT2D eigenvalue weighted by atomic mass is 10.1. The Morgan fingerprint density at radius 3 is 2.50 bits per heavy atom. The fourth-order valence-electron chi connectivity index (χ4n) is 1.43. The van der Waals surface area contributed by atoms with E-state index < -0.39 is 0 Å². The van der Waals surface area contributed by atoms with Crippen molar-refractivity contribution in [3.05, 3.63) is 35.4 Å². The zero-order valence-corrected chi connectivity index (χ0v) is 8.62. The molecular formula is C13H16O. The molecule has 0 aliphatic rings. The molecule has 14 heavy (non-hydrogen) atoms. The van der Waals surface area contributed by atoms with Crippen molar-refractivity contribution in [1.29, 1.82) is 0 Å². The lowest BCUT2D eigenvalue weighted by Crippen LogP contribution is -1.85. The van der Waals surface area contributed by atoms with Crippen LogP contribution < -0.4 is 0 Å². The SMILES string of the molecule is CCCCCc1ccc(C=C=O)cc1. The lowest BCUT2D eigenvalue weighted by molar-refractivity contribution is 0.570. The monoisotopic (exact) mass is 188 g/mol. The second-order valence-electron chi connectivity index (χ2n) is 3.46. The van der Waals surface area contributed by atoms with Crippen molar-refractivity contribution < 1.29 is 4.79 Å². The third-order valence-electron chi connectivity index (χ3n) is 2.27. The summed E-state index contributed by atoms with van der Waals surface area (Å²) in [7, 11) is 0. The highest BCUT2D eigenvalue weighted by molar-refractivity contribution is 5.74. The molecule has 0 heterocycles. The van der Waals surface area contributed by atoms with Gasteiger partial charge in [-0.05, 0) is 24.0 Å². The van der Waals surface area contributed by atoms with Crippen LogP contribution in [0.15, 0.2) is 24.3 Å². The highest BCUT2D eigenvalue weighted by Gasteiger charge is 1.92. The molecule has 0 saturated carbocycles. The minimum atomic E-state index is 0.930. The molecule has 74 valence electrons. The van der Waals surface area contributed by atoms with Gasteiger partial charge in [0.15, 0.2) is 0 Å². The maximum atomic E-state index is 10.1. The van der Waals surface area contributed by atoms with E-state index in [-0.39, 0.29) is 0 Å². The van der Waals surface area contributed by atoms with Crippen LogP contribution in [-0.4, -0.2) is 5.94 Å². The Kier molecular flexibility index (Phi) is 4.74. The molecule has 0 fully saturated rings. The van der Waals surface area contributed by atoms with E-state index in [2.05, 4.69) is 19.1 Å². The second kappa shape index (κ2) is 6.17. The Morgan fingerprint density at radius 2 is 1.93 bits per heavy atom. The van der Waals surface area contributed by atoms with Gasteiger partial charge in [0.2, 0.25) is 0 Å². The number of carbonyl (C=O) groups excluding carboxylic acids is 1. The molecular weight excluding hydrogens is 172 g/mol. The summed E-state index contributed by atoms with van der Waals surface area (Å²) in [4.78, 5) is 10.1. The van der Waals surface area contributed by atoms with Crippen molar-refractivity contribution in [2.75, 3.05) is 0 Å². The van der Waals surface area contributed by atoms with Crippen molar-refractivity contribution in [3.63, 3.8) is 0 Å². The van der Waals surface area contributed by atoms with Gasteiger partial charge in [-0.25, -0.2) is 4.79 Å². The van der Waals surface area contributed by atoms with Crippen LogP contribution in [0.5, 0.6) is 0 Å². The Balaban J connectivity index is 2.50. The van der Waals surface area contributed by atoms with Crippen molar-refractivity contribution in [3.8, 4) is 0 Å². The third kappa shape index (κ3) is 3.59. The van der Waals surface area contributed by atoms with E-state index in [1.165, 1.54) is 30.9 Å². The first kappa shape index (κ1) is 10.7. The quantitative estimate of drug-likeness (QED) is 0.512. The Labute approximate surface area is 85.5 Å². The molecule has 0 saturated heterocycles. The van der Waals surface area contributed by atoms with Gasteiger partial charge in [0.25, 0.3) is 0 Å². The van der Waals surface area contributed by atoms with Crippen LogP contribution in [0.4, 0.5) is 0 Å². The Hall–Kier alpha value is -1.33. The van der Waals surface area contributed by atoms with Crippen LogP contribution in [0.25, 0.3) is 6.08 Å². The fourth-order valence-corrected chi connectivity index (χ4v) is 1.43. The molecule has 0 atom stereocenters. The third-order valence-corrected chi connectivity index (χ3v) is 2.27. The van der Waals surface area contributed by atoms with Crippen LogP contribution in [0, 0.1) is 0 Å². The van der Waals surface area contributed by atoms with Gasteiger partial charge >= 0.3 is 0 Å². The molecule has 0 amide bonds. The number of rotatable bonds is 5. The summed E-state index contributed by atoms with van der Waals surface area (Å²) in [5, 5.41) is 0. The molecule has 1 nitrogen and oxygen atoms in total. The molecule has 1 aromatic carbocycles. The van der Waals surface area contributed by atoms with Crippen LogP contribution >= 0.6 is 0 Å². The van der Waals surface area contributed by atoms with E-state index in [1.807, 2.05) is 12.1 Å². The predicted octanol–water partition coefficient (Wildman–Crippen LogP) is 3.26. The maximum absolute atomic E-state index is 10.1. The lowest BCUT2D eigenvalue weighted by Gasteiger charge is -2.00. The molecule has 0 N–H and O–H groups in total. The van der Waals surface area contributed by atoms with Gasteiger partial charge in [-0.15, -0.1) is 0 Å². The van der Waals surface area contributed by atoms with Crippen LogP contribution in [-0.2, 0) is 11.2 Å². The summed E-state index contributed by atoms with van der Waals surface area (Å²) in [5.41, 5.74) is 2.28. The first-order valence-electron chi connectivity index (χ1n) is 5.16. The van der Waals surface area contributed by atoms with Gasteiger partial charge in [-0.1, -0.05) is 44.0 Å². The largest absolute Gasteiger partial charge is 0.233 e. The molecule has 1 rings (SSSR count). The second-order valence-corrected chi connectivity index (χ2v) is 3.46.